The van der Waals surface area contributed by atoms with Crippen LogP contribution in [0.15, 0.2) is 17.2 Å². The Morgan fingerprint density at radius 1 is 1.22 bits per heavy atom. The van der Waals surface area contributed by atoms with Crippen molar-refractivity contribution in [3.05, 3.63) is 33.9 Å². The number of hydrogen-bond acceptors (Lipinski definition) is 3. The Balaban J connectivity index is 2.51. The van der Waals surface area contributed by atoms with Crippen molar-refractivity contribution in [3.8, 4) is 5.75 Å². The minimum absolute atomic E-state index is 0.143. The molecule has 126 valence electrons. The van der Waals surface area contributed by atoms with E-state index in [1.54, 1.807) is 16.7 Å². The number of carbonyl (C=O) groups excluding carboxylic acids is 1. The maximum absolute atomic E-state index is 11.7. The molecule has 1 aromatic rings. The molecule has 1 aliphatic heterocycles. The molecule has 1 saturated heterocycles. The van der Waals surface area contributed by atoms with Crippen LogP contribution in [0.5, 0.6) is 5.75 Å². The minimum Gasteiger partial charge on any atom is -0.507 e. The van der Waals surface area contributed by atoms with Crippen LogP contribution in [0.2, 0.25) is 0 Å². The molecule has 1 heterocycles. The highest BCUT2D eigenvalue weighted by atomic mass is 32.2. The number of phenols is 1. The lowest BCUT2D eigenvalue weighted by Crippen LogP contribution is -2.18. The summed E-state index contributed by atoms with van der Waals surface area (Å²) in [5.41, 5.74) is 3.08. The maximum Gasteiger partial charge on any atom is 0.237 e. The summed E-state index contributed by atoms with van der Waals surface area (Å²) < 4.78 is 0. The van der Waals surface area contributed by atoms with E-state index < -0.39 is 0 Å². The summed E-state index contributed by atoms with van der Waals surface area (Å²) in [4.78, 5) is 13.4. The summed E-state index contributed by atoms with van der Waals surface area (Å²) in [5, 5.41) is 11.7. The molecule has 2 rings (SSSR count). The lowest BCUT2D eigenvalue weighted by molar-refractivity contribution is -0.124. The van der Waals surface area contributed by atoms with E-state index in [0.717, 1.165) is 34.6 Å². The predicted octanol–water partition coefficient (Wildman–Crippen LogP) is 4.92. The molecule has 0 saturated carbocycles. The molecule has 1 N–H and O–H groups in total. The number of thioether (sulfide) groups is 1. The lowest BCUT2D eigenvalue weighted by atomic mass is 9.88. The topological polar surface area (TPSA) is 40.5 Å². The van der Waals surface area contributed by atoms with Gasteiger partial charge in [-0.2, -0.15) is 0 Å². The monoisotopic (exact) mass is 333 g/mol. The van der Waals surface area contributed by atoms with Crippen LogP contribution in [0.3, 0.4) is 0 Å². The summed E-state index contributed by atoms with van der Waals surface area (Å²) in [7, 11) is 1.82. The van der Waals surface area contributed by atoms with Gasteiger partial charge in [-0.25, -0.2) is 0 Å². The lowest BCUT2D eigenvalue weighted by Gasteiger charge is -2.19. The Morgan fingerprint density at radius 3 is 2.13 bits per heavy atom. The maximum atomic E-state index is 11.7. The van der Waals surface area contributed by atoms with Crippen LogP contribution < -0.4 is 0 Å². The molecule has 0 aliphatic carbocycles. The van der Waals surface area contributed by atoms with Crippen LogP contribution in [-0.2, 0) is 4.79 Å². The average Bonchev–Trinajstić information content (AvgIpc) is 2.86. The Morgan fingerprint density at radius 2 is 1.74 bits per heavy atom. The van der Waals surface area contributed by atoms with E-state index in [2.05, 4.69) is 45.9 Å². The number of benzene rings is 1. The van der Waals surface area contributed by atoms with Crippen LogP contribution in [0.25, 0.3) is 6.08 Å². The Kier molecular flexibility index (Phi) is 5.79. The molecule has 1 fully saturated rings. The zero-order chi connectivity index (χ0) is 17.1. The van der Waals surface area contributed by atoms with Gasteiger partial charge in [-0.1, -0.05) is 39.5 Å². The van der Waals surface area contributed by atoms with Gasteiger partial charge in [0, 0.05) is 7.05 Å². The van der Waals surface area contributed by atoms with E-state index in [1.807, 2.05) is 7.05 Å². The van der Waals surface area contributed by atoms with Crippen LogP contribution >= 0.6 is 11.8 Å². The van der Waals surface area contributed by atoms with Crippen molar-refractivity contribution < 1.29 is 9.90 Å². The Labute approximate surface area is 143 Å². The smallest absolute Gasteiger partial charge is 0.237 e. The third kappa shape index (κ3) is 3.74. The highest BCUT2D eigenvalue weighted by molar-refractivity contribution is 8.04. The first-order valence-corrected chi connectivity index (χ1v) is 9.35. The van der Waals surface area contributed by atoms with Gasteiger partial charge >= 0.3 is 0 Å². The van der Waals surface area contributed by atoms with Gasteiger partial charge in [0.05, 0.1) is 10.8 Å². The number of aromatic hydroxyl groups is 1. The summed E-state index contributed by atoms with van der Waals surface area (Å²) in [6.45, 7) is 8.56. The molecule has 4 heteroatoms. The van der Waals surface area contributed by atoms with E-state index in [-0.39, 0.29) is 5.91 Å². The first-order valence-electron chi connectivity index (χ1n) is 8.36. The summed E-state index contributed by atoms with van der Waals surface area (Å²) in [6.07, 6.45) is 4.04. The molecular weight excluding hydrogens is 306 g/mol. The van der Waals surface area contributed by atoms with Crippen LogP contribution in [0.4, 0.5) is 0 Å². The standard InChI is InChI=1S/C19H27NO2S/c1-6-12(3)15-8-14(9-16(19(15)22)13(4)7-2)10-18-20(5)17(21)11-23-18/h8-10,12-13,22H,6-7,11H2,1-5H3. The summed E-state index contributed by atoms with van der Waals surface area (Å²) in [5.74, 6) is 1.72. The SMILES string of the molecule is CCC(C)c1cc(C=C2SCC(=O)N2C)cc(C(C)CC)c1O. The van der Waals surface area contributed by atoms with Crippen LogP contribution in [0, 0.1) is 0 Å². The molecule has 0 aromatic heterocycles. The zero-order valence-corrected chi connectivity index (χ0v) is 15.5. The minimum atomic E-state index is 0.143. The fraction of sp³-hybridized carbons (Fsp3) is 0.526. The number of rotatable bonds is 5. The third-order valence-electron chi connectivity index (χ3n) is 4.82. The van der Waals surface area contributed by atoms with Crippen molar-refractivity contribution in [2.24, 2.45) is 0 Å². The first kappa shape index (κ1) is 17.9. The normalized spacial score (nSPS) is 19.4. The molecule has 0 radical (unpaired) electrons. The third-order valence-corrected chi connectivity index (χ3v) is 5.89. The van der Waals surface area contributed by atoms with Crippen LogP contribution in [0.1, 0.15) is 69.1 Å². The van der Waals surface area contributed by atoms with Crippen molar-refractivity contribution >= 4 is 23.7 Å². The van der Waals surface area contributed by atoms with E-state index in [0.29, 0.717) is 23.3 Å². The molecule has 1 aliphatic rings. The second-order valence-electron chi connectivity index (χ2n) is 6.39. The van der Waals surface area contributed by atoms with E-state index in [1.165, 1.54) is 0 Å². The average molecular weight is 333 g/mol. The van der Waals surface area contributed by atoms with Crippen LogP contribution in [-0.4, -0.2) is 28.7 Å². The molecule has 23 heavy (non-hydrogen) atoms. The summed E-state index contributed by atoms with van der Waals surface area (Å²) >= 11 is 1.57. The number of hydrogen-bond donors (Lipinski definition) is 1. The van der Waals surface area contributed by atoms with E-state index in [9.17, 15) is 9.90 Å². The van der Waals surface area contributed by atoms with Gasteiger partial charge in [-0.15, -0.1) is 0 Å². The largest absolute Gasteiger partial charge is 0.507 e. The fourth-order valence-corrected chi connectivity index (χ4v) is 3.69. The molecule has 1 aromatic carbocycles. The quantitative estimate of drug-likeness (QED) is 0.831. The van der Waals surface area contributed by atoms with Gasteiger partial charge in [-0.3, -0.25) is 4.79 Å². The van der Waals surface area contributed by atoms with Gasteiger partial charge < -0.3 is 10.0 Å². The Hall–Kier alpha value is -1.42. The van der Waals surface area contributed by atoms with Gasteiger partial charge in [0.1, 0.15) is 5.75 Å². The number of phenolic OH excluding ortho intramolecular Hbond substituents is 1. The second-order valence-corrected chi connectivity index (χ2v) is 7.39. The van der Waals surface area contributed by atoms with Crippen molar-refractivity contribution in [1.82, 2.24) is 4.90 Å². The highest BCUT2D eigenvalue weighted by Crippen LogP contribution is 2.38. The van der Waals surface area contributed by atoms with Gasteiger partial charge in [0.25, 0.3) is 0 Å². The number of amides is 1. The van der Waals surface area contributed by atoms with Gasteiger partial charge in [-0.05, 0) is 59.6 Å². The van der Waals surface area contributed by atoms with Crippen molar-refractivity contribution in [3.63, 3.8) is 0 Å². The van der Waals surface area contributed by atoms with E-state index in [4.69, 9.17) is 0 Å². The molecule has 1 amide bonds. The predicted molar refractivity (Wildman–Crippen MR) is 98.7 cm³/mol. The molecule has 3 nitrogen and oxygen atoms in total. The molecular formula is C19H27NO2S. The molecule has 0 spiro atoms. The molecule has 0 bridgehead atoms. The first-order chi connectivity index (χ1) is 10.9. The zero-order valence-electron chi connectivity index (χ0n) is 14.7. The van der Waals surface area contributed by atoms with E-state index >= 15 is 0 Å². The number of carbonyl (C=O) groups is 1. The summed E-state index contributed by atoms with van der Waals surface area (Å²) in [6, 6.07) is 4.14. The number of nitrogens with zero attached hydrogens (tertiary/aromatic N) is 1. The molecule has 2 unspecified atom stereocenters. The molecule has 2 atom stereocenters. The second kappa shape index (κ2) is 7.43. The highest BCUT2D eigenvalue weighted by Gasteiger charge is 2.23. The Bertz CT molecular complexity index is 593. The van der Waals surface area contributed by atoms with Crippen molar-refractivity contribution in [1.29, 1.82) is 0 Å². The van der Waals surface area contributed by atoms with Crippen molar-refractivity contribution in [2.75, 3.05) is 12.8 Å². The van der Waals surface area contributed by atoms with Crippen molar-refractivity contribution in [2.45, 2.75) is 52.4 Å². The van der Waals surface area contributed by atoms with Gasteiger partial charge in [0.2, 0.25) is 5.91 Å². The fourth-order valence-electron chi connectivity index (χ4n) is 2.71. The van der Waals surface area contributed by atoms with Gasteiger partial charge in [0.15, 0.2) is 0 Å².